The molecule has 3 aromatic carbocycles. The molecule has 0 unspecified atom stereocenters. The third kappa shape index (κ3) is 6.84. The molecule has 0 aliphatic carbocycles. The molecule has 36 heavy (non-hydrogen) atoms. The van der Waals surface area contributed by atoms with Crippen LogP contribution in [0.15, 0.2) is 70.7 Å². The van der Waals surface area contributed by atoms with Crippen molar-refractivity contribution in [1.82, 2.24) is 0 Å². The highest BCUT2D eigenvalue weighted by Crippen LogP contribution is 2.31. The van der Waals surface area contributed by atoms with Gasteiger partial charge in [0, 0.05) is 10.5 Å². The Morgan fingerprint density at radius 3 is 2.47 bits per heavy atom. The highest BCUT2D eigenvalue weighted by atomic mass is 79.9. The predicted octanol–water partition coefficient (Wildman–Crippen LogP) is 5.89. The van der Waals surface area contributed by atoms with Crippen LogP contribution in [0, 0.1) is 21.4 Å². The van der Waals surface area contributed by atoms with Gasteiger partial charge in [0.1, 0.15) is 24.0 Å². The third-order valence-electron chi connectivity index (χ3n) is 4.90. The van der Waals surface area contributed by atoms with Crippen LogP contribution in [0.3, 0.4) is 0 Å². The maximum Gasteiger partial charge on any atom is 0.273 e. The molecule has 0 heterocycles. The Morgan fingerprint density at radius 2 is 1.83 bits per heavy atom. The molecule has 184 valence electrons. The number of nitrogens with one attached hydrogen (secondary N) is 1. The van der Waals surface area contributed by atoms with Crippen molar-refractivity contribution in [3.8, 4) is 23.3 Å². The van der Waals surface area contributed by atoms with E-state index < -0.39 is 10.8 Å². The maximum absolute atomic E-state index is 12.7. The van der Waals surface area contributed by atoms with E-state index in [2.05, 4.69) is 21.2 Å². The second-order valence-corrected chi connectivity index (χ2v) is 8.24. The zero-order valence-electron chi connectivity index (χ0n) is 19.5. The van der Waals surface area contributed by atoms with E-state index in [1.165, 1.54) is 31.4 Å². The number of nitro benzene ring substituents is 1. The van der Waals surface area contributed by atoms with Crippen LogP contribution in [0.5, 0.6) is 17.2 Å². The molecule has 1 amide bonds. The Hall–Kier alpha value is -4.36. The molecule has 0 spiro atoms. The third-order valence-corrected chi connectivity index (χ3v) is 5.42. The molecule has 0 fully saturated rings. The number of ether oxygens (including phenoxy) is 3. The Bertz CT molecular complexity index is 1330. The van der Waals surface area contributed by atoms with Crippen LogP contribution >= 0.6 is 15.9 Å². The van der Waals surface area contributed by atoms with E-state index >= 15 is 0 Å². The normalized spacial score (nSPS) is 10.8. The molecule has 3 aromatic rings. The number of halogens is 1. The van der Waals surface area contributed by atoms with Gasteiger partial charge in [-0.2, -0.15) is 5.26 Å². The minimum absolute atomic E-state index is 0.0979. The summed E-state index contributed by atoms with van der Waals surface area (Å²) in [5.41, 5.74) is 1.36. The van der Waals surface area contributed by atoms with Gasteiger partial charge in [-0.1, -0.05) is 34.1 Å². The number of nitro groups is 1. The number of carbonyl (C=O) groups excluding carboxylic acids is 1. The van der Waals surface area contributed by atoms with Crippen LogP contribution in [0.25, 0.3) is 6.08 Å². The lowest BCUT2D eigenvalue weighted by molar-refractivity contribution is -0.384. The van der Waals surface area contributed by atoms with E-state index in [4.69, 9.17) is 14.2 Å². The summed E-state index contributed by atoms with van der Waals surface area (Å²) in [4.78, 5) is 23.1. The minimum atomic E-state index is -0.696. The first kappa shape index (κ1) is 26.2. The fourth-order valence-corrected chi connectivity index (χ4v) is 3.41. The Kier molecular flexibility index (Phi) is 9.02. The largest absolute Gasteiger partial charge is 0.494 e. The molecule has 0 aromatic heterocycles. The lowest BCUT2D eigenvalue weighted by atomic mass is 10.1. The zero-order chi connectivity index (χ0) is 26.1. The fourth-order valence-electron chi connectivity index (χ4n) is 3.15. The highest BCUT2D eigenvalue weighted by Gasteiger charge is 2.16. The van der Waals surface area contributed by atoms with Crippen LogP contribution in [-0.4, -0.2) is 24.5 Å². The lowest BCUT2D eigenvalue weighted by Crippen LogP contribution is -2.14. The molecule has 0 saturated carbocycles. The van der Waals surface area contributed by atoms with Crippen molar-refractivity contribution in [2.24, 2.45) is 0 Å². The van der Waals surface area contributed by atoms with Crippen molar-refractivity contribution in [2.75, 3.05) is 19.0 Å². The molecule has 0 atom stereocenters. The highest BCUT2D eigenvalue weighted by molar-refractivity contribution is 9.10. The number of anilines is 1. The number of hydrogen-bond donors (Lipinski definition) is 1. The van der Waals surface area contributed by atoms with Crippen molar-refractivity contribution in [2.45, 2.75) is 13.5 Å². The average molecular weight is 552 g/mol. The molecule has 0 saturated heterocycles. The maximum atomic E-state index is 12.7. The van der Waals surface area contributed by atoms with Crippen LogP contribution in [-0.2, 0) is 11.4 Å². The number of methoxy groups -OCH3 is 1. The van der Waals surface area contributed by atoms with Crippen molar-refractivity contribution in [3.05, 3.63) is 92.0 Å². The summed E-state index contributed by atoms with van der Waals surface area (Å²) in [6.07, 6.45) is 1.41. The van der Waals surface area contributed by atoms with Gasteiger partial charge in [-0.15, -0.1) is 0 Å². The Morgan fingerprint density at radius 1 is 1.08 bits per heavy atom. The number of amides is 1. The summed E-state index contributed by atoms with van der Waals surface area (Å²) in [6, 6.07) is 18.5. The van der Waals surface area contributed by atoms with E-state index in [0.717, 1.165) is 10.0 Å². The van der Waals surface area contributed by atoms with Gasteiger partial charge in [-0.25, -0.2) is 0 Å². The van der Waals surface area contributed by atoms with E-state index in [9.17, 15) is 20.2 Å². The fraction of sp³-hybridized carbons (Fsp3) is 0.154. The van der Waals surface area contributed by atoms with Crippen LogP contribution in [0.4, 0.5) is 11.4 Å². The van der Waals surface area contributed by atoms with Gasteiger partial charge in [0.2, 0.25) is 0 Å². The van der Waals surface area contributed by atoms with Crippen molar-refractivity contribution in [3.63, 3.8) is 0 Å². The average Bonchev–Trinajstić information content (AvgIpc) is 2.87. The summed E-state index contributed by atoms with van der Waals surface area (Å²) in [5, 5.41) is 23.1. The SMILES string of the molecule is CCOc1cc(C=C(C#N)C(=O)Nc2ccc([N+](=O)[O-])cc2OC)ccc1OCc1ccc(Br)cc1. The first-order valence-electron chi connectivity index (χ1n) is 10.7. The smallest absolute Gasteiger partial charge is 0.273 e. The second kappa shape index (κ2) is 12.4. The first-order chi connectivity index (χ1) is 17.3. The minimum Gasteiger partial charge on any atom is -0.494 e. The van der Waals surface area contributed by atoms with Crippen molar-refractivity contribution >= 4 is 39.3 Å². The Labute approximate surface area is 216 Å². The number of hydrogen-bond acceptors (Lipinski definition) is 7. The van der Waals surface area contributed by atoms with E-state index in [1.54, 1.807) is 18.2 Å². The van der Waals surface area contributed by atoms with E-state index in [1.807, 2.05) is 37.3 Å². The lowest BCUT2D eigenvalue weighted by Gasteiger charge is -2.13. The molecule has 0 aliphatic heterocycles. The molecule has 9 nitrogen and oxygen atoms in total. The number of non-ortho nitro benzene ring substituents is 1. The van der Waals surface area contributed by atoms with Gasteiger partial charge >= 0.3 is 0 Å². The topological polar surface area (TPSA) is 124 Å². The summed E-state index contributed by atoms with van der Waals surface area (Å²) >= 11 is 3.40. The molecule has 10 heteroatoms. The monoisotopic (exact) mass is 551 g/mol. The number of carbonyl (C=O) groups is 1. The van der Waals surface area contributed by atoms with Gasteiger partial charge in [0.15, 0.2) is 11.5 Å². The van der Waals surface area contributed by atoms with Gasteiger partial charge in [-0.05, 0) is 54.5 Å². The quantitative estimate of drug-likeness (QED) is 0.144. The van der Waals surface area contributed by atoms with Crippen molar-refractivity contribution < 1.29 is 23.9 Å². The van der Waals surface area contributed by atoms with E-state index in [-0.39, 0.29) is 22.7 Å². The van der Waals surface area contributed by atoms with Crippen molar-refractivity contribution in [1.29, 1.82) is 5.26 Å². The van der Waals surface area contributed by atoms with Crippen LogP contribution in [0.1, 0.15) is 18.1 Å². The zero-order valence-corrected chi connectivity index (χ0v) is 21.1. The molecule has 0 radical (unpaired) electrons. The standard InChI is InChI=1S/C26H22BrN3O6/c1-3-35-25-13-18(6-11-23(25)36-16-17-4-7-20(27)8-5-17)12-19(15-28)26(31)29-22-10-9-21(30(32)33)14-24(22)34-2/h4-14H,3,16H2,1-2H3,(H,29,31). The van der Waals surface area contributed by atoms with E-state index in [0.29, 0.717) is 30.3 Å². The molecule has 3 rings (SSSR count). The summed E-state index contributed by atoms with van der Waals surface area (Å²) in [7, 11) is 1.32. The number of benzene rings is 3. The molecular formula is C26H22BrN3O6. The number of rotatable bonds is 10. The van der Waals surface area contributed by atoms with Crippen LogP contribution < -0.4 is 19.5 Å². The van der Waals surface area contributed by atoms with Gasteiger partial charge in [-0.3, -0.25) is 14.9 Å². The number of nitriles is 1. The number of nitrogens with zero attached hydrogens (tertiary/aromatic N) is 2. The van der Waals surface area contributed by atoms with Gasteiger partial charge in [0.05, 0.1) is 30.4 Å². The summed E-state index contributed by atoms with van der Waals surface area (Å²) < 4.78 is 17.7. The second-order valence-electron chi connectivity index (χ2n) is 7.32. The molecule has 1 N–H and O–H groups in total. The Balaban J connectivity index is 1.80. The van der Waals surface area contributed by atoms with Gasteiger partial charge < -0.3 is 19.5 Å². The first-order valence-corrected chi connectivity index (χ1v) is 11.5. The molecular weight excluding hydrogens is 530 g/mol. The molecule has 0 aliphatic rings. The van der Waals surface area contributed by atoms with Crippen LogP contribution in [0.2, 0.25) is 0 Å². The predicted molar refractivity (Wildman–Crippen MR) is 138 cm³/mol. The summed E-state index contributed by atoms with van der Waals surface area (Å²) in [5.74, 6) is 0.396. The molecule has 0 bridgehead atoms. The van der Waals surface area contributed by atoms with Gasteiger partial charge in [0.25, 0.3) is 11.6 Å². The summed E-state index contributed by atoms with van der Waals surface area (Å²) in [6.45, 7) is 2.57.